The van der Waals surface area contributed by atoms with Gasteiger partial charge in [-0.1, -0.05) is 24.3 Å². The molecule has 0 unspecified atom stereocenters. The van der Waals surface area contributed by atoms with Gasteiger partial charge in [-0.2, -0.15) is 0 Å². The Hall–Kier alpha value is -2.89. The van der Waals surface area contributed by atoms with Gasteiger partial charge in [0, 0.05) is 13.1 Å². The van der Waals surface area contributed by atoms with Gasteiger partial charge in [0.25, 0.3) is 5.91 Å². The van der Waals surface area contributed by atoms with E-state index in [1.807, 2.05) is 0 Å². The van der Waals surface area contributed by atoms with Crippen molar-refractivity contribution in [3.8, 4) is 5.75 Å². The van der Waals surface area contributed by atoms with Crippen molar-refractivity contribution in [1.82, 2.24) is 4.90 Å². The van der Waals surface area contributed by atoms with Crippen LogP contribution in [0.3, 0.4) is 0 Å². The fourth-order valence-corrected chi connectivity index (χ4v) is 2.77. The second-order valence-corrected chi connectivity index (χ2v) is 6.08. The summed E-state index contributed by atoms with van der Waals surface area (Å²) >= 11 is 0. The molecule has 1 fully saturated rings. The molecule has 1 amide bonds. The van der Waals surface area contributed by atoms with Crippen LogP contribution >= 0.6 is 0 Å². The van der Waals surface area contributed by atoms with Gasteiger partial charge in [0.15, 0.2) is 6.61 Å². The highest BCUT2D eigenvalue weighted by molar-refractivity contribution is 5.94. The number of rotatable bonds is 6. The predicted molar refractivity (Wildman–Crippen MR) is 93.3 cm³/mol. The van der Waals surface area contributed by atoms with Gasteiger partial charge in [-0.15, -0.1) is 0 Å². The molecule has 2 aromatic carbocycles. The van der Waals surface area contributed by atoms with E-state index in [1.54, 1.807) is 41.3 Å². The Labute approximate surface area is 151 Å². The SMILES string of the molecule is O=C(OCC(=O)N1CCCC1)c1ccccc1OCc1ccc(F)cc1. The van der Waals surface area contributed by atoms with Crippen LogP contribution in [0, 0.1) is 5.82 Å². The summed E-state index contributed by atoms with van der Waals surface area (Å²) in [5, 5.41) is 0. The monoisotopic (exact) mass is 357 g/mol. The maximum Gasteiger partial charge on any atom is 0.342 e. The van der Waals surface area contributed by atoms with E-state index >= 15 is 0 Å². The molecule has 1 aliphatic rings. The first-order chi connectivity index (χ1) is 12.6. The fraction of sp³-hybridized carbons (Fsp3) is 0.300. The lowest BCUT2D eigenvalue weighted by atomic mass is 10.2. The molecule has 1 heterocycles. The van der Waals surface area contributed by atoms with Gasteiger partial charge >= 0.3 is 5.97 Å². The number of carbonyl (C=O) groups is 2. The summed E-state index contributed by atoms with van der Waals surface area (Å²) in [5.74, 6) is -0.747. The number of esters is 1. The van der Waals surface area contributed by atoms with Crippen LogP contribution in [0.1, 0.15) is 28.8 Å². The van der Waals surface area contributed by atoms with Crippen molar-refractivity contribution in [1.29, 1.82) is 0 Å². The topological polar surface area (TPSA) is 55.8 Å². The van der Waals surface area contributed by atoms with E-state index in [1.165, 1.54) is 12.1 Å². The number of amides is 1. The zero-order valence-corrected chi connectivity index (χ0v) is 14.3. The maximum atomic E-state index is 12.9. The minimum absolute atomic E-state index is 0.180. The zero-order chi connectivity index (χ0) is 18.4. The summed E-state index contributed by atoms with van der Waals surface area (Å²) < 4.78 is 23.8. The number of carbonyl (C=O) groups excluding carboxylic acids is 2. The van der Waals surface area contributed by atoms with Crippen LogP contribution < -0.4 is 4.74 Å². The van der Waals surface area contributed by atoms with Crippen LogP contribution in [-0.4, -0.2) is 36.5 Å². The molecule has 6 heteroatoms. The molecule has 5 nitrogen and oxygen atoms in total. The van der Waals surface area contributed by atoms with Crippen LogP contribution in [0.2, 0.25) is 0 Å². The van der Waals surface area contributed by atoms with E-state index in [0.717, 1.165) is 18.4 Å². The number of benzene rings is 2. The van der Waals surface area contributed by atoms with Gasteiger partial charge in [0.2, 0.25) is 0 Å². The van der Waals surface area contributed by atoms with Crippen LogP contribution in [0.25, 0.3) is 0 Å². The normalized spacial score (nSPS) is 13.5. The molecule has 0 saturated carbocycles. The van der Waals surface area contributed by atoms with Crippen molar-refractivity contribution >= 4 is 11.9 Å². The number of nitrogens with zero attached hydrogens (tertiary/aromatic N) is 1. The second kappa shape index (κ2) is 8.47. The number of hydrogen-bond donors (Lipinski definition) is 0. The van der Waals surface area contributed by atoms with Gasteiger partial charge in [-0.05, 0) is 42.7 Å². The van der Waals surface area contributed by atoms with Gasteiger partial charge in [0.05, 0.1) is 0 Å². The predicted octanol–water partition coefficient (Wildman–Crippen LogP) is 3.18. The minimum atomic E-state index is -0.604. The maximum absolute atomic E-state index is 12.9. The largest absolute Gasteiger partial charge is 0.488 e. The van der Waals surface area contributed by atoms with E-state index in [2.05, 4.69) is 0 Å². The molecule has 0 N–H and O–H groups in total. The summed E-state index contributed by atoms with van der Waals surface area (Å²) in [5.41, 5.74) is 1.03. The van der Waals surface area contributed by atoms with Gasteiger partial charge in [0.1, 0.15) is 23.7 Å². The Kier molecular flexibility index (Phi) is 5.84. The van der Waals surface area contributed by atoms with Gasteiger partial charge in [-0.3, -0.25) is 4.79 Å². The highest BCUT2D eigenvalue weighted by Crippen LogP contribution is 2.20. The fourth-order valence-electron chi connectivity index (χ4n) is 2.77. The lowest BCUT2D eigenvalue weighted by molar-refractivity contribution is -0.133. The molecule has 1 saturated heterocycles. The van der Waals surface area contributed by atoms with Crippen LogP contribution in [0.5, 0.6) is 5.75 Å². The molecule has 1 aliphatic heterocycles. The van der Waals surface area contributed by atoms with Crippen molar-refractivity contribution in [2.24, 2.45) is 0 Å². The lowest BCUT2D eigenvalue weighted by Crippen LogP contribution is -2.32. The number of ether oxygens (including phenoxy) is 2. The molecule has 2 aromatic rings. The third-order valence-corrected chi connectivity index (χ3v) is 4.20. The number of hydrogen-bond acceptors (Lipinski definition) is 4. The first-order valence-corrected chi connectivity index (χ1v) is 8.54. The Bertz CT molecular complexity index is 770. The summed E-state index contributed by atoms with van der Waals surface area (Å²) in [6, 6.07) is 12.6. The molecular formula is C20H20FNO4. The van der Waals surface area contributed by atoms with Gasteiger partial charge < -0.3 is 14.4 Å². The van der Waals surface area contributed by atoms with Crippen molar-refractivity contribution in [2.75, 3.05) is 19.7 Å². The van der Waals surface area contributed by atoms with Crippen molar-refractivity contribution in [3.05, 3.63) is 65.5 Å². The quantitative estimate of drug-likeness (QED) is 0.745. The highest BCUT2D eigenvalue weighted by atomic mass is 19.1. The number of para-hydroxylation sites is 1. The molecule has 0 spiro atoms. The molecule has 0 bridgehead atoms. The van der Waals surface area contributed by atoms with E-state index in [9.17, 15) is 14.0 Å². The average Bonchev–Trinajstić information content (AvgIpc) is 3.20. The Balaban J connectivity index is 1.59. The van der Waals surface area contributed by atoms with Crippen molar-refractivity contribution in [3.63, 3.8) is 0 Å². The first-order valence-electron chi connectivity index (χ1n) is 8.54. The van der Waals surface area contributed by atoms with Crippen molar-refractivity contribution in [2.45, 2.75) is 19.4 Å². The molecule has 0 radical (unpaired) electrons. The third kappa shape index (κ3) is 4.59. The van der Waals surface area contributed by atoms with Crippen LogP contribution in [-0.2, 0) is 16.1 Å². The smallest absolute Gasteiger partial charge is 0.342 e. The molecule has 3 rings (SSSR count). The second-order valence-electron chi connectivity index (χ2n) is 6.08. The number of halogens is 1. The molecule has 0 aromatic heterocycles. The zero-order valence-electron chi connectivity index (χ0n) is 14.3. The molecular weight excluding hydrogens is 337 g/mol. The van der Waals surface area contributed by atoms with E-state index < -0.39 is 5.97 Å². The number of likely N-dealkylation sites (tertiary alicyclic amines) is 1. The summed E-state index contributed by atoms with van der Waals surface area (Å²) in [7, 11) is 0. The summed E-state index contributed by atoms with van der Waals surface area (Å²) in [6.07, 6.45) is 1.97. The van der Waals surface area contributed by atoms with Crippen molar-refractivity contribution < 1.29 is 23.5 Å². The summed E-state index contributed by atoms with van der Waals surface area (Å²) in [6.45, 7) is 1.35. The Morgan fingerprint density at radius 2 is 1.69 bits per heavy atom. The molecule has 26 heavy (non-hydrogen) atoms. The standard InChI is InChI=1S/C20H20FNO4/c21-16-9-7-15(8-10-16)13-25-18-6-2-1-5-17(18)20(24)26-14-19(23)22-11-3-4-12-22/h1-2,5-10H,3-4,11-14H2. The summed E-state index contributed by atoms with van der Waals surface area (Å²) in [4.78, 5) is 26.0. The van der Waals surface area contributed by atoms with E-state index in [-0.39, 0.29) is 30.5 Å². The average molecular weight is 357 g/mol. The molecule has 0 atom stereocenters. The van der Waals surface area contributed by atoms with E-state index in [0.29, 0.717) is 18.8 Å². The molecule has 0 aliphatic carbocycles. The highest BCUT2D eigenvalue weighted by Gasteiger charge is 2.20. The van der Waals surface area contributed by atoms with Crippen LogP contribution in [0.4, 0.5) is 4.39 Å². The van der Waals surface area contributed by atoms with Crippen LogP contribution in [0.15, 0.2) is 48.5 Å². The third-order valence-electron chi connectivity index (χ3n) is 4.20. The molecule has 136 valence electrons. The lowest BCUT2D eigenvalue weighted by Gasteiger charge is -2.15. The minimum Gasteiger partial charge on any atom is -0.488 e. The Morgan fingerprint density at radius 3 is 2.42 bits per heavy atom. The Morgan fingerprint density at radius 1 is 1.00 bits per heavy atom. The first kappa shape index (κ1) is 17.9. The van der Waals surface area contributed by atoms with Gasteiger partial charge in [-0.25, -0.2) is 9.18 Å². The van der Waals surface area contributed by atoms with E-state index in [4.69, 9.17) is 9.47 Å².